The summed E-state index contributed by atoms with van der Waals surface area (Å²) in [7, 11) is 0. The maximum atomic E-state index is 12.6. The highest BCUT2D eigenvalue weighted by molar-refractivity contribution is 6.00. The van der Waals surface area contributed by atoms with E-state index in [1.165, 1.54) is 5.56 Å². The molecule has 1 N–H and O–H groups in total. The zero-order valence-electron chi connectivity index (χ0n) is 15.9. The van der Waals surface area contributed by atoms with Gasteiger partial charge in [0.25, 0.3) is 0 Å². The molecule has 1 unspecified atom stereocenters. The zero-order chi connectivity index (χ0) is 19.5. The van der Waals surface area contributed by atoms with Gasteiger partial charge in [0.15, 0.2) is 11.5 Å². The van der Waals surface area contributed by atoms with E-state index in [2.05, 4.69) is 12.2 Å². The van der Waals surface area contributed by atoms with E-state index < -0.39 is 0 Å². The van der Waals surface area contributed by atoms with Crippen molar-refractivity contribution in [2.45, 2.75) is 26.3 Å². The first-order valence-corrected chi connectivity index (χ1v) is 9.70. The van der Waals surface area contributed by atoms with E-state index in [1.807, 2.05) is 42.5 Å². The van der Waals surface area contributed by atoms with Crippen molar-refractivity contribution < 1.29 is 19.1 Å². The van der Waals surface area contributed by atoms with Crippen LogP contribution < -0.4 is 19.7 Å². The second-order valence-corrected chi connectivity index (χ2v) is 7.08. The van der Waals surface area contributed by atoms with Crippen molar-refractivity contribution in [3.05, 3.63) is 53.6 Å². The zero-order valence-corrected chi connectivity index (χ0v) is 15.9. The summed E-state index contributed by atoms with van der Waals surface area (Å²) in [5.41, 5.74) is 2.95. The van der Waals surface area contributed by atoms with Gasteiger partial charge in [-0.15, -0.1) is 0 Å². The first kappa shape index (κ1) is 18.3. The van der Waals surface area contributed by atoms with Gasteiger partial charge in [-0.05, 0) is 30.2 Å². The van der Waals surface area contributed by atoms with Crippen LogP contribution in [0.2, 0.25) is 0 Å². The number of carbonyl (C=O) groups excluding carboxylic acids is 2. The molecule has 2 aromatic carbocycles. The van der Waals surface area contributed by atoms with Gasteiger partial charge in [-0.25, -0.2) is 0 Å². The fraction of sp³-hybridized carbons (Fsp3) is 0.364. The Morgan fingerprint density at radius 2 is 1.93 bits per heavy atom. The van der Waals surface area contributed by atoms with Crippen LogP contribution in [0.5, 0.6) is 11.5 Å². The van der Waals surface area contributed by atoms with Crippen LogP contribution in [0.3, 0.4) is 0 Å². The molecule has 0 spiro atoms. The Balaban J connectivity index is 1.39. The van der Waals surface area contributed by atoms with Gasteiger partial charge in [0.05, 0.1) is 5.92 Å². The number of carbonyl (C=O) groups is 2. The molecule has 2 amide bonds. The van der Waals surface area contributed by atoms with Crippen LogP contribution in [0.4, 0.5) is 5.69 Å². The highest BCUT2D eigenvalue weighted by Gasteiger charge is 2.35. The van der Waals surface area contributed by atoms with Gasteiger partial charge in [-0.3, -0.25) is 9.59 Å². The molecule has 146 valence electrons. The van der Waals surface area contributed by atoms with Crippen LogP contribution in [0, 0.1) is 5.92 Å². The first-order valence-electron chi connectivity index (χ1n) is 9.70. The van der Waals surface area contributed by atoms with E-state index >= 15 is 0 Å². The number of ether oxygens (including phenoxy) is 2. The maximum Gasteiger partial charge on any atom is 0.227 e. The van der Waals surface area contributed by atoms with Crippen LogP contribution in [-0.4, -0.2) is 31.6 Å². The third-order valence-electron chi connectivity index (χ3n) is 5.25. The highest BCUT2D eigenvalue weighted by atomic mass is 16.6. The molecular formula is C22H24N2O4. The van der Waals surface area contributed by atoms with Gasteiger partial charge in [0.1, 0.15) is 13.2 Å². The third kappa shape index (κ3) is 3.67. The van der Waals surface area contributed by atoms with Crippen molar-refractivity contribution >= 4 is 17.5 Å². The Morgan fingerprint density at radius 1 is 1.14 bits per heavy atom. The Labute approximate surface area is 164 Å². The third-order valence-corrected chi connectivity index (χ3v) is 5.25. The Kier molecular flexibility index (Phi) is 5.19. The van der Waals surface area contributed by atoms with E-state index in [0.717, 1.165) is 17.7 Å². The summed E-state index contributed by atoms with van der Waals surface area (Å²) in [6.07, 6.45) is 1.19. The van der Waals surface area contributed by atoms with Crippen molar-refractivity contribution in [2.24, 2.45) is 5.92 Å². The van der Waals surface area contributed by atoms with Crippen molar-refractivity contribution in [3.63, 3.8) is 0 Å². The lowest BCUT2D eigenvalue weighted by Crippen LogP contribution is -2.33. The molecule has 1 fully saturated rings. The minimum atomic E-state index is -0.352. The molecule has 0 radical (unpaired) electrons. The normalized spacial score (nSPS) is 18.2. The standard InChI is InChI=1S/C22H24N2O4/c1-2-15-6-8-18(9-7-15)24-14-17(12-20(24)25)22(26)23-13-16-4-3-5-19-21(16)28-11-10-27-19/h3-9,17H,2,10-14H2,1H3,(H,23,26). The summed E-state index contributed by atoms with van der Waals surface area (Å²) >= 11 is 0. The average molecular weight is 380 g/mol. The monoisotopic (exact) mass is 380 g/mol. The lowest BCUT2D eigenvalue weighted by atomic mass is 10.1. The number of anilines is 1. The molecule has 1 saturated heterocycles. The summed E-state index contributed by atoms with van der Waals surface area (Å²) in [6, 6.07) is 13.6. The molecule has 2 heterocycles. The minimum absolute atomic E-state index is 0.0155. The summed E-state index contributed by atoms with van der Waals surface area (Å²) in [4.78, 5) is 26.8. The van der Waals surface area contributed by atoms with Crippen molar-refractivity contribution in [1.29, 1.82) is 0 Å². The van der Waals surface area contributed by atoms with Gasteiger partial charge >= 0.3 is 0 Å². The molecule has 4 rings (SSSR count). The molecule has 0 bridgehead atoms. The highest BCUT2D eigenvalue weighted by Crippen LogP contribution is 2.33. The van der Waals surface area contributed by atoms with Crippen LogP contribution in [0.1, 0.15) is 24.5 Å². The molecular weight excluding hydrogens is 356 g/mol. The van der Waals surface area contributed by atoms with Gasteiger partial charge in [-0.2, -0.15) is 0 Å². The minimum Gasteiger partial charge on any atom is -0.486 e. The number of rotatable bonds is 5. The maximum absolute atomic E-state index is 12.6. The second-order valence-electron chi connectivity index (χ2n) is 7.08. The van der Waals surface area contributed by atoms with Gasteiger partial charge < -0.3 is 19.7 Å². The number of hydrogen-bond acceptors (Lipinski definition) is 4. The number of aryl methyl sites for hydroxylation is 1. The molecule has 2 aliphatic rings. The van der Waals surface area contributed by atoms with E-state index in [0.29, 0.717) is 37.8 Å². The lowest BCUT2D eigenvalue weighted by molar-refractivity contribution is -0.126. The summed E-state index contributed by atoms with van der Waals surface area (Å²) in [6.45, 7) is 3.88. The van der Waals surface area contributed by atoms with Gasteiger partial charge in [-0.1, -0.05) is 31.2 Å². The van der Waals surface area contributed by atoms with E-state index in [4.69, 9.17) is 9.47 Å². The number of benzene rings is 2. The molecule has 0 saturated carbocycles. The largest absolute Gasteiger partial charge is 0.486 e. The summed E-state index contributed by atoms with van der Waals surface area (Å²) in [5, 5.41) is 2.95. The number of amides is 2. The molecule has 2 aliphatic heterocycles. The number of fused-ring (bicyclic) bond motifs is 1. The molecule has 6 nitrogen and oxygen atoms in total. The Hall–Kier alpha value is -3.02. The number of hydrogen-bond donors (Lipinski definition) is 1. The van der Waals surface area contributed by atoms with Crippen LogP contribution in [-0.2, 0) is 22.6 Å². The van der Waals surface area contributed by atoms with Crippen LogP contribution >= 0.6 is 0 Å². The van der Waals surface area contributed by atoms with Crippen LogP contribution in [0.15, 0.2) is 42.5 Å². The number of nitrogens with zero attached hydrogens (tertiary/aromatic N) is 1. The smallest absolute Gasteiger partial charge is 0.227 e. The predicted octanol–water partition coefficient (Wildman–Crippen LogP) is 2.69. The SMILES string of the molecule is CCc1ccc(N2CC(C(=O)NCc3cccc4c3OCCO4)CC2=O)cc1. The molecule has 0 aromatic heterocycles. The molecule has 28 heavy (non-hydrogen) atoms. The quantitative estimate of drug-likeness (QED) is 0.866. The first-order chi connectivity index (χ1) is 13.7. The number of nitrogens with one attached hydrogen (secondary N) is 1. The van der Waals surface area contributed by atoms with E-state index in [1.54, 1.807) is 4.90 Å². The lowest BCUT2D eigenvalue weighted by Gasteiger charge is -2.21. The molecule has 2 aromatic rings. The predicted molar refractivity (Wildman–Crippen MR) is 106 cm³/mol. The van der Waals surface area contributed by atoms with Crippen LogP contribution in [0.25, 0.3) is 0 Å². The van der Waals surface area contributed by atoms with Gasteiger partial charge in [0.2, 0.25) is 11.8 Å². The van der Waals surface area contributed by atoms with Crippen molar-refractivity contribution in [2.75, 3.05) is 24.7 Å². The van der Waals surface area contributed by atoms with Crippen molar-refractivity contribution in [1.82, 2.24) is 5.32 Å². The summed E-state index contributed by atoms with van der Waals surface area (Å²) < 4.78 is 11.3. The van der Waals surface area contributed by atoms with Crippen molar-refractivity contribution in [3.8, 4) is 11.5 Å². The molecule has 6 heteroatoms. The second kappa shape index (κ2) is 7.92. The fourth-order valence-corrected chi connectivity index (χ4v) is 3.64. The van der Waals surface area contributed by atoms with Gasteiger partial charge in [0, 0.05) is 30.8 Å². The topological polar surface area (TPSA) is 67.9 Å². The molecule has 0 aliphatic carbocycles. The fourth-order valence-electron chi connectivity index (χ4n) is 3.64. The Bertz CT molecular complexity index is 879. The van der Waals surface area contributed by atoms with E-state index in [-0.39, 0.29) is 24.2 Å². The summed E-state index contributed by atoms with van der Waals surface area (Å²) in [5.74, 6) is 0.911. The Morgan fingerprint density at radius 3 is 2.71 bits per heavy atom. The number of para-hydroxylation sites is 1. The van der Waals surface area contributed by atoms with E-state index in [9.17, 15) is 9.59 Å². The average Bonchev–Trinajstić information content (AvgIpc) is 3.13. The molecule has 1 atom stereocenters.